The number of benzene rings is 3. The Morgan fingerprint density at radius 2 is 1.58 bits per heavy atom. The van der Waals surface area contributed by atoms with Gasteiger partial charge in [0.2, 0.25) is 5.91 Å². The van der Waals surface area contributed by atoms with Gasteiger partial charge in [-0.2, -0.15) is 0 Å². The molecule has 36 heavy (non-hydrogen) atoms. The number of amides is 1. The summed E-state index contributed by atoms with van der Waals surface area (Å²) in [7, 11) is 5.00. The zero-order chi connectivity index (χ0) is 25.3. The Labute approximate surface area is 214 Å². The number of hydrogen-bond acceptors (Lipinski definition) is 5. The van der Waals surface area contributed by atoms with Crippen LogP contribution in [0.1, 0.15) is 35.6 Å². The van der Waals surface area contributed by atoms with Crippen molar-refractivity contribution >= 4 is 5.91 Å². The summed E-state index contributed by atoms with van der Waals surface area (Å²) in [4.78, 5) is 15.6. The Morgan fingerprint density at radius 3 is 2.28 bits per heavy atom. The largest absolute Gasteiger partial charge is 0.497 e. The third-order valence-electron chi connectivity index (χ3n) is 6.92. The average Bonchev–Trinajstić information content (AvgIpc) is 2.93. The Kier molecular flexibility index (Phi) is 8.85. The van der Waals surface area contributed by atoms with Crippen LogP contribution in [0, 0.1) is 5.92 Å². The Bertz CT molecular complexity index is 1110. The number of ether oxygens (including phenoxy) is 3. The molecule has 3 aromatic rings. The highest BCUT2D eigenvalue weighted by Crippen LogP contribution is 2.35. The molecule has 2 unspecified atom stereocenters. The third kappa shape index (κ3) is 6.38. The van der Waals surface area contributed by atoms with Gasteiger partial charge in [0.25, 0.3) is 0 Å². The molecule has 0 radical (unpaired) electrons. The second kappa shape index (κ2) is 12.5. The van der Waals surface area contributed by atoms with E-state index in [9.17, 15) is 4.79 Å². The highest BCUT2D eigenvalue weighted by molar-refractivity contribution is 5.79. The number of rotatable bonds is 10. The molecular formula is C30H36N2O4. The van der Waals surface area contributed by atoms with E-state index in [1.807, 2.05) is 48.5 Å². The number of hydrogen-bond donors (Lipinski definition) is 1. The summed E-state index contributed by atoms with van der Waals surface area (Å²) in [6, 6.07) is 24.7. The van der Waals surface area contributed by atoms with Crippen molar-refractivity contribution in [2.75, 3.05) is 34.4 Å². The summed E-state index contributed by atoms with van der Waals surface area (Å²) in [6.07, 6.45) is 2.52. The van der Waals surface area contributed by atoms with Crippen molar-refractivity contribution in [2.45, 2.75) is 31.8 Å². The normalized spacial score (nSPS) is 17.9. The molecule has 1 amide bonds. The van der Waals surface area contributed by atoms with Gasteiger partial charge in [-0.15, -0.1) is 0 Å². The minimum atomic E-state index is -0.0601. The molecule has 3 aromatic carbocycles. The second-order valence-electron chi connectivity index (χ2n) is 9.20. The Balaban J connectivity index is 1.46. The molecule has 1 aliphatic rings. The molecule has 1 fully saturated rings. The van der Waals surface area contributed by atoms with Crippen LogP contribution in [0.3, 0.4) is 0 Å². The van der Waals surface area contributed by atoms with Crippen LogP contribution in [-0.2, 0) is 17.8 Å². The first kappa shape index (κ1) is 25.6. The van der Waals surface area contributed by atoms with Crippen molar-refractivity contribution < 1.29 is 19.0 Å². The quantitative estimate of drug-likeness (QED) is 0.434. The summed E-state index contributed by atoms with van der Waals surface area (Å²) < 4.78 is 16.4. The second-order valence-corrected chi connectivity index (χ2v) is 9.20. The predicted octanol–water partition coefficient (Wildman–Crippen LogP) is 5.02. The maximum absolute atomic E-state index is 13.2. The zero-order valence-corrected chi connectivity index (χ0v) is 21.4. The summed E-state index contributed by atoms with van der Waals surface area (Å²) >= 11 is 0. The highest BCUT2D eigenvalue weighted by atomic mass is 16.5. The van der Waals surface area contributed by atoms with Crippen molar-refractivity contribution in [2.24, 2.45) is 5.92 Å². The highest BCUT2D eigenvalue weighted by Gasteiger charge is 2.33. The molecule has 4 rings (SSSR count). The number of methoxy groups -OCH3 is 3. The topological polar surface area (TPSA) is 60.0 Å². The maximum atomic E-state index is 13.2. The van der Waals surface area contributed by atoms with Gasteiger partial charge in [0.15, 0.2) is 0 Å². The fraction of sp³-hybridized carbons (Fsp3) is 0.367. The van der Waals surface area contributed by atoms with Gasteiger partial charge in [-0.3, -0.25) is 9.69 Å². The molecule has 6 nitrogen and oxygen atoms in total. The van der Waals surface area contributed by atoms with E-state index in [4.69, 9.17) is 14.2 Å². The molecule has 0 aromatic heterocycles. The fourth-order valence-corrected chi connectivity index (χ4v) is 5.05. The van der Waals surface area contributed by atoms with Crippen LogP contribution in [0.4, 0.5) is 0 Å². The van der Waals surface area contributed by atoms with Gasteiger partial charge in [-0.05, 0) is 54.2 Å². The number of carbonyl (C=O) groups excluding carboxylic acids is 1. The van der Waals surface area contributed by atoms with Crippen molar-refractivity contribution in [1.29, 1.82) is 0 Å². The van der Waals surface area contributed by atoms with E-state index in [-0.39, 0.29) is 17.9 Å². The Hall–Kier alpha value is -3.51. The van der Waals surface area contributed by atoms with Gasteiger partial charge in [-0.25, -0.2) is 0 Å². The van der Waals surface area contributed by atoms with Crippen molar-refractivity contribution in [3.63, 3.8) is 0 Å². The average molecular weight is 489 g/mol. The van der Waals surface area contributed by atoms with Crippen LogP contribution < -0.4 is 19.5 Å². The standard InChI is InChI=1S/C30H36N2O4/c1-34-26-17-22(18-27(19-26)35-2)20-32-21-25(13-14-28(32)23-9-5-4-6-10-23)30(33)31-16-15-24-11-7-8-12-29(24)36-3/h4-12,17-19,25,28H,13-16,20-21H2,1-3H3,(H,31,33). The van der Waals surface area contributed by atoms with Crippen LogP contribution in [0.5, 0.6) is 17.2 Å². The lowest BCUT2D eigenvalue weighted by molar-refractivity contribution is -0.127. The minimum Gasteiger partial charge on any atom is -0.497 e. The van der Waals surface area contributed by atoms with Crippen LogP contribution >= 0.6 is 0 Å². The SMILES string of the molecule is COc1cc(CN2CC(C(=O)NCCc3ccccc3OC)CCC2c2ccccc2)cc(OC)c1. The lowest BCUT2D eigenvalue weighted by Gasteiger charge is -2.39. The van der Waals surface area contributed by atoms with E-state index < -0.39 is 0 Å². The fourth-order valence-electron chi connectivity index (χ4n) is 5.05. The van der Waals surface area contributed by atoms with E-state index in [0.717, 1.165) is 47.6 Å². The number of likely N-dealkylation sites (tertiary alicyclic amines) is 1. The van der Waals surface area contributed by atoms with Gasteiger partial charge in [-0.1, -0.05) is 48.5 Å². The van der Waals surface area contributed by atoms with E-state index >= 15 is 0 Å². The van der Waals surface area contributed by atoms with Crippen molar-refractivity contribution in [1.82, 2.24) is 10.2 Å². The number of nitrogens with zero attached hydrogens (tertiary/aromatic N) is 1. The van der Waals surface area contributed by atoms with Gasteiger partial charge >= 0.3 is 0 Å². The van der Waals surface area contributed by atoms with E-state index in [2.05, 4.69) is 34.5 Å². The summed E-state index contributed by atoms with van der Waals surface area (Å²) in [5.41, 5.74) is 3.48. The first-order valence-corrected chi connectivity index (χ1v) is 12.5. The summed E-state index contributed by atoms with van der Waals surface area (Å²) in [5, 5.41) is 3.17. The number of carbonyl (C=O) groups is 1. The molecule has 1 N–H and O–H groups in total. The summed E-state index contributed by atoms with van der Waals surface area (Å²) in [6.45, 7) is 1.99. The van der Waals surface area contributed by atoms with E-state index in [0.29, 0.717) is 19.6 Å². The third-order valence-corrected chi connectivity index (χ3v) is 6.92. The smallest absolute Gasteiger partial charge is 0.224 e. The zero-order valence-electron chi connectivity index (χ0n) is 21.4. The monoisotopic (exact) mass is 488 g/mol. The maximum Gasteiger partial charge on any atom is 0.224 e. The molecule has 1 saturated heterocycles. The van der Waals surface area contributed by atoms with Gasteiger partial charge in [0.1, 0.15) is 17.2 Å². The van der Waals surface area contributed by atoms with Gasteiger partial charge in [0.05, 0.1) is 27.2 Å². The summed E-state index contributed by atoms with van der Waals surface area (Å²) in [5.74, 6) is 2.45. The molecule has 6 heteroatoms. The minimum absolute atomic E-state index is 0.0601. The lowest BCUT2D eigenvalue weighted by Crippen LogP contribution is -2.44. The van der Waals surface area contributed by atoms with Crippen LogP contribution in [0.25, 0.3) is 0 Å². The molecule has 190 valence electrons. The van der Waals surface area contributed by atoms with E-state index in [1.165, 1.54) is 5.56 Å². The molecule has 2 atom stereocenters. The Morgan fingerprint density at radius 1 is 0.889 bits per heavy atom. The molecule has 0 spiro atoms. The van der Waals surface area contributed by atoms with Crippen molar-refractivity contribution in [3.05, 3.63) is 89.5 Å². The van der Waals surface area contributed by atoms with Crippen LogP contribution in [0.2, 0.25) is 0 Å². The van der Waals surface area contributed by atoms with E-state index in [1.54, 1.807) is 21.3 Å². The number of piperidine rings is 1. The number of nitrogens with one attached hydrogen (secondary N) is 1. The lowest BCUT2D eigenvalue weighted by atomic mass is 9.88. The van der Waals surface area contributed by atoms with Crippen molar-refractivity contribution in [3.8, 4) is 17.2 Å². The molecule has 0 bridgehead atoms. The molecule has 1 aliphatic heterocycles. The molecule has 1 heterocycles. The first-order valence-electron chi connectivity index (χ1n) is 12.5. The number of para-hydroxylation sites is 1. The van der Waals surface area contributed by atoms with Gasteiger partial charge < -0.3 is 19.5 Å². The van der Waals surface area contributed by atoms with Crippen LogP contribution in [0.15, 0.2) is 72.8 Å². The molecular weight excluding hydrogens is 452 g/mol. The van der Waals surface area contributed by atoms with Gasteiger partial charge in [0, 0.05) is 31.7 Å². The van der Waals surface area contributed by atoms with Crippen LogP contribution in [-0.4, -0.2) is 45.2 Å². The molecule has 0 saturated carbocycles. The first-order chi connectivity index (χ1) is 17.6. The predicted molar refractivity (Wildman–Crippen MR) is 142 cm³/mol. The molecule has 0 aliphatic carbocycles.